The smallest absolute Gasteiger partial charge is 0.151 e. The van der Waals surface area contributed by atoms with Gasteiger partial charge in [-0.15, -0.1) is 0 Å². The summed E-state index contributed by atoms with van der Waals surface area (Å²) in [5.41, 5.74) is 1.39. The van der Waals surface area contributed by atoms with Crippen LogP contribution in [0.3, 0.4) is 0 Å². The van der Waals surface area contributed by atoms with Crippen LogP contribution in [-0.2, 0) is 6.54 Å². The second kappa shape index (κ2) is 7.45. The quantitative estimate of drug-likeness (QED) is 0.845. The third-order valence-corrected chi connectivity index (χ3v) is 4.02. The van der Waals surface area contributed by atoms with Gasteiger partial charge in [-0.25, -0.2) is 4.39 Å². The molecular formula is C15H19FN2OS. The van der Waals surface area contributed by atoms with E-state index in [9.17, 15) is 4.39 Å². The molecule has 0 aliphatic heterocycles. The minimum Gasteiger partial charge on any atom is -0.359 e. The Morgan fingerprint density at radius 2 is 2.25 bits per heavy atom. The number of hydrogen-bond donors (Lipinski definition) is 1. The zero-order valence-electron chi connectivity index (χ0n) is 11.7. The van der Waals surface area contributed by atoms with Crippen molar-refractivity contribution in [3.8, 4) is 11.3 Å². The average molecular weight is 294 g/mol. The van der Waals surface area contributed by atoms with Crippen molar-refractivity contribution >= 4 is 11.8 Å². The molecule has 0 saturated heterocycles. The van der Waals surface area contributed by atoms with Crippen molar-refractivity contribution in [2.75, 3.05) is 11.5 Å². The Kier molecular flexibility index (Phi) is 5.61. The Hall–Kier alpha value is -1.33. The molecule has 0 fully saturated rings. The van der Waals surface area contributed by atoms with E-state index in [0.717, 1.165) is 22.8 Å². The summed E-state index contributed by atoms with van der Waals surface area (Å²) in [6.07, 6.45) is 0. The predicted octanol–water partition coefficient (Wildman–Crippen LogP) is 3.71. The summed E-state index contributed by atoms with van der Waals surface area (Å²) in [6, 6.07) is 8.62. The van der Waals surface area contributed by atoms with E-state index in [1.165, 1.54) is 12.1 Å². The van der Waals surface area contributed by atoms with Crippen LogP contribution in [0.4, 0.5) is 4.39 Å². The third kappa shape index (κ3) is 4.35. The van der Waals surface area contributed by atoms with E-state index >= 15 is 0 Å². The van der Waals surface area contributed by atoms with E-state index in [1.54, 1.807) is 6.07 Å². The lowest BCUT2D eigenvalue weighted by Gasteiger charge is -2.10. The van der Waals surface area contributed by atoms with Gasteiger partial charge in [-0.3, -0.25) is 0 Å². The van der Waals surface area contributed by atoms with Crippen molar-refractivity contribution < 1.29 is 8.91 Å². The van der Waals surface area contributed by atoms with Crippen molar-refractivity contribution in [1.29, 1.82) is 0 Å². The van der Waals surface area contributed by atoms with Gasteiger partial charge < -0.3 is 9.84 Å². The van der Waals surface area contributed by atoms with E-state index in [2.05, 4.69) is 24.3 Å². The van der Waals surface area contributed by atoms with E-state index in [1.807, 2.05) is 23.9 Å². The molecule has 1 N–H and O–H groups in total. The number of nitrogens with zero attached hydrogens (tertiary/aromatic N) is 1. The molecule has 0 aliphatic rings. The Balaban J connectivity index is 1.92. The van der Waals surface area contributed by atoms with E-state index in [-0.39, 0.29) is 5.82 Å². The highest BCUT2D eigenvalue weighted by Crippen LogP contribution is 2.19. The molecule has 1 aromatic carbocycles. The summed E-state index contributed by atoms with van der Waals surface area (Å²) in [5.74, 6) is 2.69. The van der Waals surface area contributed by atoms with Crippen molar-refractivity contribution in [2.24, 2.45) is 0 Å². The SMILES string of the molecule is CCSC[C@@H](C)NCc1cc(-c2cccc(F)c2)no1. The highest BCUT2D eigenvalue weighted by Gasteiger charge is 2.08. The topological polar surface area (TPSA) is 38.1 Å². The standard InChI is InChI=1S/C15H19FN2OS/c1-3-20-10-11(2)17-9-14-8-15(18-19-14)12-5-4-6-13(16)7-12/h4-8,11,17H,3,9-10H2,1-2H3/t11-/m1/s1. The number of thioether (sulfide) groups is 1. The summed E-state index contributed by atoms with van der Waals surface area (Å²) >= 11 is 1.90. The Morgan fingerprint density at radius 1 is 1.40 bits per heavy atom. The van der Waals surface area contributed by atoms with Crippen LogP contribution in [0.1, 0.15) is 19.6 Å². The molecule has 1 aromatic heterocycles. The first kappa shape index (κ1) is 15.1. The molecule has 0 bridgehead atoms. The van der Waals surface area contributed by atoms with Crippen LogP contribution in [0.5, 0.6) is 0 Å². The van der Waals surface area contributed by atoms with Crippen LogP contribution < -0.4 is 5.32 Å². The zero-order chi connectivity index (χ0) is 14.4. The monoisotopic (exact) mass is 294 g/mol. The summed E-state index contributed by atoms with van der Waals surface area (Å²) in [6.45, 7) is 4.93. The molecule has 108 valence electrons. The van der Waals surface area contributed by atoms with Crippen LogP contribution in [0.15, 0.2) is 34.9 Å². The summed E-state index contributed by atoms with van der Waals surface area (Å²) in [7, 11) is 0. The van der Waals surface area contributed by atoms with Gasteiger partial charge >= 0.3 is 0 Å². The molecule has 1 heterocycles. The lowest BCUT2D eigenvalue weighted by Crippen LogP contribution is -2.27. The first-order valence-corrected chi connectivity index (χ1v) is 7.87. The predicted molar refractivity (Wildman–Crippen MR) is 81.2 cm³/mol. The van der Waals surface area contributed by atoms with Crippen LogP contribution in [0.25, 0.3) is 11.3 Å². The number of halogens is 1. The molecule has 1 atom stereocenters. The lowest BCUT2D eigenvalue weighted by molar-refractivity contribution is 0.369. The molecule has 0 aliphatic carbocycles. The molecule has 2 rings (SSSR count). The van der Waals surface area contributed by atoms with Crippen molar-refractivity contribution in [1.82, 2.24) is 10.5 Å². The van der Waals surface area contributed by atoms with Crippen LogP contribution >= 0.6 is 11.8 Å². The fourth-order valence-electron chi connectivity index (χ4n) is 1.81. The van der Waals surface area contributed by atoms with Gasteiger partial charge in [0, 0.05) is 23.4 Å². The molecule has 3 nitrogen and oxygen atoms in total. The van der Waals surface area contributed by atoms with Gasteiger partial charge in [0.1, 0.15) is 11.5 Å². The summed E-state index contributed by atoms with van der Waals surface area (Å²) < 4.78 is 18.4. The molecule has 2 aromatic rings. The highest BCUT2D eigenvalue weighted by atomic mass is 32.2. The second-order valence-corrected chi connectivity index (χ2v) is 5.95. The number of hydrogen-bond acceptors (Lipinski definition) is 4. The fraction of sp³-hybridized carbons (Fsp3) is 0.400. The van der Waals surface area contributed by atoms with Crippen molar-refractivity contribution in [3.63, 3.8) is 0 Å². The molecular weight excluding hydrogens is 275 g/mol. The van der Waals surface area contributed by atoms with E-state index < -0.39 is 0 Å². The van der Waals surface area contributed by atoms with Gasteiger partial charge in [0.2, 0.25) is 0 Å². The Morgan fingerprint density at radius 3 is 3.00 bits per heavy atom. The molecule has 20 heavy (non-hydrogen) atoms. The van der Waals surface area contributed by atoms with Gasteiger partial charge in [-0.1, -0.05) is 24.2 Å². The van der Waals surface area contributed by atoms with Crippen LogP contribution in [0, 0.1) is 5.82 Å². The summed E-state index contributed by atoms with van der Waals surface area (Å²) in [5, 5.41) is 7.36. The lowest BCUT2D eigenvalue weighted by atomic mass is 10.1. The molecule has 0 radical (unpaired) electrons. The number of aromatic nitrogens is 1. The molecule has 0 amide bonds. The van der Waals surface area contributed by atoms with Gasteiger partial charge in [0.25, 0.3) is 0 Å². The molecule has 0 unspecified atom stereocenters. The van der Waals surface area contributed by atoms with Gasteiger partial charge in [0.15, 0.2) is 5.76 Å². The number of rotatable bonds is 7. The Labute approximate surface area is 122 Å². The molecule has 5 heteroatoms. The van der Waals surface area contributed by atoms with Crippen molar-refractivity contribution in [3.05, 3.63) is 41.9 Å². The van der Waals surface area contributed by atoms with Gasteiger partial charge in [-0.05, 0) is 24.8 Å². The Bertz CT molecular complexity index is 544. The zero-order valence-corrected chi connectivity index (χ0v) is 12.5. The molecule has 0 saturated carbocycles. The third-order valence-electron chi connectivity index (χ3n) is 2.88. The molecule has 0 spiro atoms. The highest BCUT2D eigenvalue weighted by molar-refractivity contribution is 7.99. The van der Waals surface area contributed by atoms with Crippen molar-refractivity contribution in [2.45, 2.75) is 26.4 Å². The first-order chi connectivity index (χ1) is 9.69. The minimum atomic E-state index is -0.268. The maximum atomic E-state index is 13.2. The fourth-order valence-corrected chi connectivity index (χ4v) is 2.52. The second-order valence-electron chi connectivity index (χ2n) is 4.63. The van der Waals surface area contributed by atoms with Gasteiger partial charge in [-0.2, -0.15) is 11.8 Å². The minimum absolute atomic E-state index is 0.268. The van der Waals surface area contributed by atoms with Gasteiger partial charge in [0.05, 0.1) is 6.54 Å². The largest absolute Gasteiger partial charge is 0.359 e. The maximum absolute atomic E-state index is 13.2. The van der Waals surface area contributed by atoms with E-state index in [4.69, 9.17) is 4.52 Å². The van der Waals surface area contributed by atoms with E-state index in [0.29, 0.717) is 18.3 Å². The van der Waals surface area contributed by atoms with Crippen LogP contribution in [0.2, 0.25) is 0 Å². The number of nitrogens with one attached hydrogen (secondary N) is 1. The maximum Gasteiger partial charge on any atom is 0.151 e. The normalized spacial score (nSPS) is 12.6. The number of benzene rings is 1. The first-order valence-electron chi connectivity index (χ1n) is 6.71. The summed E-state index contributed by atoms with van der Waals surface area (Å²) in [4.78, 5) is 0. The van der Waals surface area contributed by atoms with Crippen LogP contribution in [-0.4, -0.2) is 22.7 Å². The average Bonchev–Trinajstić information content (AvgIpc) is 2.92.